The number of hydrogen-bond donors (Lipinski definition) is 1. The van der Waals surface area contributed by atoms with Crippen molar-refractivity contribution in [3.63, 3.8) is 0 Å². The number of benzene rings is 1. The fourth-order valence-electron chi connectivity index (χ4n) is 3.88. The first-order valence-corrected chi connectivity index (χ1v) is 10.9. The zero-order valence-electron chi connectivity index (χ0n) is 18.0. The number of nitrogens with one attached hydrogen (secondary N) is 1. The molecule has 0 aliphatic carbocycles. The first-order valence-electron chi connectivity index (χ1n) is 10.9. The van der Waals surface area contributed by atoms with Crippen LogP contribution < -0.4 is 10.2 Å². The van der Waals surface area contributed by atoms with Gasteiger partial charge in [0.05, 0.1) is 0 Å². The first-order chi connectivity index (χ1) is 14.0. The molecule has 0 atom stereocenters. The van der Waals surface area contributed by atoms with E-state index in [2.05, 4.69) is 65.5 Å². The van der Waals surface area contributed by atoms with E-state index in [1.165, 1.54) is 30.4 Å². The summed E-state index contributed by atoms with van der Waals surface area (Å²) in [7, 11) is 0. The molecule has 1 aliphatic rings. The lowest BCUT2D eigenvalue weighted by atomic mass is 9.89. The van der Waals surface area contributed by atoms with Gasteiger partial charge < -0.3 is 10.2 Å². The molecule has 0 saturated carbocycles. The SMILES string of the molecule is Cc1ccccc1CCC1CCN(c2ccc(C(=O)NCCC(C)C)nn2)CC1. The van der Waals surface area contributed by atoms with Crippen LogP contribution in [0.2, 0.25) is 0 Å². The molecule has 1 amide bonds. The van der Waals surface area contributed by atoms with E-state index >= 15 is 0 Å². The highest BCUT2D eigenvalue weighted by atomic mass is 16.1. The van der Waals surface area contributed by atoms with Gasteiger partial charge in [-0.2, -0.15) is 0 Å². The van der Waals surface area contributed by atoms with Crippen molar-refractivity contribution in [2.45, 2.75) is 52.9 Å². The quantitative estimate of drug-likeness (QED) is 0.720. The van der Waals surface area contributed by atoms with Gasteiger partial charge in [-0.15, -0.1) is 10.2 Å². The molecule has 1 N–H and O–H groups in total. The number of aryl methyl sites for hydroxylation is 2. The molecule has 2 heterocycles. The lowest BCUT2D eigenvalue weighted by Crippen LogP contribution is -2.34. The Kier molecular flexibility index (Phi) is 7.62. The molecule has 0 radical (unpaired) electrons. The van der Waals surface area contributed by atoms with Gasteiger partial charge >= 0.3 is 0 Å². The summed E-state index contributed by atoms with van der Waals surface area (Å²) in [4.78, 5) is 14.4. The van der Waals surface area contributed by atoms with Crippen molar-refractivity contribution in [2.24, 2.45) is 11.8 Å². The van der Waals surface area contributed by atoms with Gasteiger partial charge in [-0.3, -0.25) is 4.79 Å². The molecule has 1 fully saturated rings. The minimum Gasteiger partial charge on any atom is -0.355 e. The highest BCUT2D eigenvalue weighted by Gasteiger charge is 2.21. The predicted molar refractivity (Wildman–Crippen MR) is 118 cm³/mol. The summed E-state index contributed by atoms with van der Waals surface area (Å²) in [6, 6.07) is 12.4. The fourth-order valence-corrected chi connectivity index (χ4v) is 3.88. The molecule has 1 aromatic heterocycles. The zero-order chi connectivity index (χ0) is 20.6. The van der Waals surface area contributed by atoms with Crippen LogP contribution in [0.3, 0.4) is 0 Å². The summed E-state index contributed by atoms with van der Waals surface area (Å²) in [6.45, 7) is 9.18. The van der Waals surface area contributed by atoms with Gasteiger partial charge in [-0.25, -0.2) is 0 Å². The van der Waals surface area contributed by atoms with E-state index in [4.69, 9.17) is 0 Å². The van der Waals surface area contributed by atoms with Crippen LogP contribution in [0.15, 0.2) is 36.4 Å². The number of nitrogens with zero attached hydrogens (tertiary/aromatic N) is 3. The van der Waals surface area contributed by atoms with E-state index in [1.54, 1.807) is 6.07 Å². The smallest absolute Gasteiger partial charge is 0.271 e. The molecule has 1 aliphatic heterocycles. The maximum absolute atomic E-state index is 12.1. The highest BCUT2D eigenvalue weighted by molar-refractivity contribution is 5.92. The van der Waals surface area contributed by atoms with E-state index in [0.717, 1.165) is 37.7 Å². The van der Waals surface area contributed by atoms with E-state index in [1.807, 2.05) is 6.07 Å². The zero-order valence-corrected chi connectivity index (χ0v) is 18.0. The van der Waals surface area contributed by atoms with Crippen LogP contribution in [-0.2, 0) is 6.42 Å². The Bertz CT molecular complexity index is 780. The average Bonchev–Trinajstić information content (AvgIpc) is 2.73. The summed E-state index contributed by atoms with van der Waals surface area (Å²) in [5.41, 5.74) is 3.27. The highest BCUT2D eigenvalue weighted by Crippen LogP contribution is 2.25. The lowest BCUT2D eigenvalue weighted by Gasteiger charge is -2.32. The molecule has 2 aromatic rings. The average molecular weight is 395 g/mol. The molecule has 1 aromatic carbocycles. The van der Waals surface area contributed by atoms with Gasteiger partial charge in [0, 0.05) is 19.6 Å². The molecule has 3 rings (SSSR count). The minimum atomic E-state index is -0.139. The first kappa shape index (κ1) is 21.3. The minimum absolute atomic E-state index is 0.139. The largest absolute Gasteiger partial charge is 0.355 e. The van der Waals surface area contributed by atoms with E-state index in [0.29, 0.717) is 18.2 Å². The van der Waals surface area contributed by atoms with Crippen molar-refractivity contribution < 1.29 is 4.79 Å². The number of amides is 1. The third-order valence-corrected chi connectivity index (χ3v) is 5.91. The number of rotatable bonds is 8. The van der Waals surface area contributed by atoms with Crippen molar-refractivity contribution >= 4 is 11.7 Å². The summed E-state index contributed by atoms with van der Waals surface area (Å²) in [6.07, 6.45) is 5.75. The maximum atomic E-state index is 12.1. The predicted octanol–water partition coefficient (Wildman–Crippen LogP) is 4.41. The van der Waals surface area contributed by atoms with E-state index < -0.39 is 0 Å². The summed E-state index contributed by atoms with van der Waals surface area (Å²) >= 11 is 0. The van der Waals surface area contributed by atoms with Crippen LogP contribution in [0, 0.1) is 18.8 Å². The van der Waals surface area contributed by atoms with Crippen molar-refractivity contribution in [3.8, 4) is 0 Å². The van der Waals surface area contributed by atoms with E-state index in [-0.39, 0.29) is 5.91 Å². The summed E-state index contributed by atoms with van der Waals surface area (Å²) in [5.74, 6) is 2.08. The van der Waals surface area contributed by atoms with Gasteiger partial charge in [-0.05, 0) is 74.1 Å². The van der Waals surface area contributed by atoms with Crippen molar-refractivity contribution in [3.05, 3.63) is 53.2 Å². The van der Waals surface area contributed by atoms with Crippen LogP contribution in [-0.4, -0.2) is 35.7 Å². The third-order valence-electron chi connectivity index (χ3n) is 5.91. The second-order valence-corrected chi connectivity index (χ2v) is 8.61. The third kappa shape index (κ3) is 6.28. The molecular formula is C24H34N4O. The molecule has 29 heavy (non-hydrogen) atoms. The van der Waals surface area contributed by atoms with Crippen molar-refractivity contribution in [2.75, 3.05) is 24.5 Å². The standard InChI is InChI=1S/C24H34N4O/c1-18(2)12-15-25-24(29)22-10-11-23(27-26-22)28-16-13-20(14-17-28)8-9-21-7-5-4-6-19(21)3/h4-7,10-11,18,20H,8-9,12-17H2,1-3H3,(H,25,29). The molecule has 1 saturated heterocycles. The summed E-state index contributed by atoms with van der Waals surface area (Å²) < 4.78 is 0. The maximum Gasteiger partial charge on any atom is 0.271 e. The Labute approximate surface area is 174 Å². The Morgan fingerprint density at radius 2 is 1.90 bits per heavy atom. The van der Waals surface area contributed by atoms with Crippen LogP contribution in [0.25, 0.3) is 0 Å². The molecule has 156 valence electrons. The van der Waals surface area contributed by atoms with Gasteiger partial charge in [0.1, 0.15) is 0 Å². The van der Waals surface area contributed by atoms with Gasteiger partial charge in [0.2, 0.25) is 0 Å². The fraction of sp³-hybridized carbons (Fsp3) is 0.542. The van der Waals surface area contributed by atoms with Gasteiger partial charge in [0.25, 0.3) is 5.91 Å². The molecule has 0 unspecified atom stereocenters. The lowest BCUT2D eigenvalue weighted by molar-refractivity contribution is 0.0946. The number of piperidine rings is 1. The molecule has 0 spiro atoms. The van der Waals surface area contributed by atoms with Crippen LogP contribution >= 0.6 is 0 Å². The number of aromatic nitrogens is 2. The van der Waals surface area contributed by atoms with Crippen LogP contribution in [0.5, 0.6) is 0 Å². The number of carbonyl (C=O) groups is 1. The Balaban J connectivity index is 1.44. The van der Waals surface area contributed by atoms with Gasteiger partial charge in [-0.1, -0.05) is 38.1 Å². The van der Waals surface area contributed by atoms with Crippen LogP contribution in [0.1, 0.15) is 61.1 Å². The Morgan fingerprint density at radius 3 is 2.55 bits per heavy atom. The topological polar surface area (TPSA) is 58.1 Å². The van der Waals surface area contributed by atoms with Crippen LogP contribution in [0.4, 0.5) is 5.82 Å². The molecule has 0 bridgehead atoms. The van der Waals surface area contributed by atoms with Gasteiger partial charge in [0.15, 0.2) is 11.5 Å². The number of carbonyl (C=O) groups excluding carboxylic acids is 1. The molecule has 5 nitrogen and oxygen atoms in total. The molecular weight excluding hydrogens is 360 g/mol. The monoisotopic (exact) mass is 394 g/mol. The molecule has 5 heteroatoms. The van der Waals surface area contributed by atoms with Crippen molar-refractivity contribution in [1.82, 2.24) is 15.5 Å². The Morgan fingerprint density at radius 1 is 1.14 bits per heavy atom. The number of anilines is 1. The second-order valence-electron chi connectivity index (χ2n) is 8.61. The summed E-state index contributed by atoms with van der Waals surface area (Å²) in [5, 5.41) is 11.4. The Hall–Kier alpha value is -2.43. The number of hydrogen-bond acceptors (Lipinski definition) is 4. The van der Waals surface area contributed by atoms with E-state index in [9.17, 15) is 4.79 Å². The second kappa shape index (κ2) is 10.4. The normalized spacial score (nSPS) is 15.0. The van der Waals surface area contributed by atoms with Crippen molar-refractivity contribution in [1.29, 1.82) is 0 Å².